The van der Waals surface area contributed by atoms with Crippen LogP contribution in [-0.2, 0) is 14.8 Å². The molecule has 0 radical (unpaired) electrons. The van der Waals surface area contributed by atoms with E-state index in [1.807, 2.05) is 0 Å². The molecule has 1 heterocycles. The number of aliphatic carboxylic acids is 1. The smallest absolute Gasteiger partial charge is 0.303 e. The van der Waals surface area contributed by atoms with Crippen molar-refractivity contribution in [2.75, 3.05) is 13.1 Å². The number of aryl methyl sites for hydroxylation is 1. The number of hydrogen-bond acceptors (Lipinski definition) is 3. The van der Waals surface area contributed by atoms with E-state index in [9.17, 15) is 17.6 Å². The Labute approximate surface area is 123 Å². The molecule has 0 spiro atoms. The standard InChI is InChI=1S/C14H18FNO4S/c1-10-2-4-12(15)8-13(10)21(19,20)16-7-6-11(9-16)3-5-14(17)18/h2,4,8,11H,3,5-7,9H2,1H3,(H,17,18). The average Bonchev–Trinajstić information content (AvgIpc) is 2.88. The molecule has 1 atom stereocenters. The third kappa shape index (κ3) is 3.59. The van der Waals surface area contributed by atoms with Gasteiger partial charge >= 0.3 is 5.97 Å². The zero-order chi connectivity index (χ0) is 15.6. The molecule has 1 aromatic rings. The van der Waals surface area contributed by atoms with Gasteiger partial charge in [0.05, 0.1) is 4.90 Å². The van der Waals surface area contributed by atoms with Crippen LogP contribution < -0.4 is 0 Å². The predicted molar refractivity (Wildman–Crippen MR) is 74.9 cm³/mol. The Bertz CT molecular complexity index is 644. The fourth-order valence-corrected chi connectivity index (χ4v) is 4.34. The Morgan fingerprint density at radius 2 is 2.19 bits per heavy atom. The van der Waals surface area contributed by atoms with Gasteiger partial charge in [0.2, 0.25) is 10.0 Å². The van der Waals surface area contributed by atoms with Gasteiger partial charge < -0.3 is 5.11 Å². The third-order valence-electron chi connectivity index (χ3n) is 3.78. The van der Waals surface area contributed by atoms with E-state index in [0.717, 1.165) is 6.07 Å². The molecule has 0 aliphatic carbocycles. The van der Waals surface area contributed by atoms with Crippen LogP contribution in [0.5, 0.6) is 0 Å². The van der Waals surface area contributed by atoms with Gasteiger partial charge in [0.15, 0.2) is 0 Å². The van der Waals surface area contributed by atoms with E-state index in [4.69, 9.17) is 5.11 Å². The first-order valence-electron chi connectivity index (χ1n) is 6.79. The molecular formula is C14H18FNO4S. The van der Waals surface area contributed by atoms with Crippen LogP contribution in [0.1, 0.15) is 24.8 Å². The molecule has 0 aromatic heterocycles. The Morgan fingerprint density at radius 3 is 2.86 bits per heavy atom. The highest BCUT2D eigenvalue weighted by molar-refractivity contribution is 7.89. The number of benzene rings is 1. The molecule has 0 saturated carbocycles. The van der Waals surface area contributed by atoms with Crippen LogP contribution in [0.15, 0.2) is 23.1 Å². The second kappa shape index (κ2) is 6.11. The Balaban J connectivity index is 2.14. The van der Waals surface area contributed by atoms with Gasteiger partial charge in [-0.1, -0.05) is 6.07 Å². The molecule has 1 unspecified atom stereocenters. The largest absolute Gasteiger partial charge is 0.481 e. The van der Waals surface area contributed by atoms with E-state index < -0.39 is 21.8 Å². The van der Waals surface area contributed by atoms with E-state index in [1.165, 1.54) is 16.4 Å². The number of carboxylic acids is 1. The van der Waals surface area contributed by atoms with Crippen molar-refractivity contribution in [1.82, 2.24) is 4.31 Å². The van der Waals surface area contributed by atoms with Crippen molar-refractivity contribution < 1.29 is 22.7 Å². The van der Waals surface area contributed by atoms with Crippen LogP contribution in [0, 0.1) is 18.7 Å². The number of nitrogens with zero attached hydrogens (tertiary/aromatic N) is 1. The van der Waals surface area contributed by atoms with Crippen LogP contribution in [-0.4, -0.2) is 36.9 Å². The fourth-order valence-electron chi connectivity index (χ4n) is 2.57. The lowest BCUT2D eigenvalue weighted by Crippen LogP contribution is -2.29. The summed E-state index contributed by atoms with van der Waals surface area (Å²) in [5.41, 5.74) is 0.505. The number of carboxylic acid groups (broad SMARTS) is 1. The maximum Gasteiger partial charge on any atom is 0.303 e. The van der Waals surface area contributed by atoms with Crippen LogP contribution in [0.3, 0.4) is 0 Å². The van der Waals surface area contributed by atoms with Gasteiger partial charge in [0.25, 0.3) is 0 Å². The molecule has 1 fully saturated rings. The normalized spacial score (nSPS) is 19.8. The Hall–Kier alpha value is -1.47. The summed E-state index contributed by atoms with van der Waals surface area (Å²) >= 11 is 0. The van der Waals surface area contributed by atoms with E-state index in [2.05, 4.69) is 0 Å². The Kier molecular flexibility index (Phi) is 4.63. The highest BCUT2D eigenvalue weighted by Crippen LogP contribution is 2.28. The van der Waals surface area contributed by atoms with Gasteiger partial charge in [-0.25, -0.2) is 12.8 Å². The molecule has 5 nitrogen and oxygen atoms in total. The van der Waals surface area contributed by atoms with Crippen LogP contribution in [0.25, 0.3) is 0 Å². The first-order chi connectivity index (χ1) is 9.80. The number of sulfonamides is 1. The highest BCUT2D eigenvalue weighted by Gasteiger charge is 2.33. The van der Waals surface area contributed by atoms with Crippen LogP contribution in [0.4, 0.5) is 4.39 Å². The molecule has 2 rings (SSSR count). The number of carbonyl (C=O) groups is 1. The monoisotopic (exact) mass is 315 g/mol. The molecule has 1 N–H and O–H groups in total. The maximum absolute atomic E-state index is 13.3. The third-order valence-corrected chi connectivity index (χ3v) is 5.79. The number of rotatable bonds is 5. The van der Waals surface area contributed by atoms with Crippen molar-refractivity contribution in [3.8, 4) is 0 Å². The summed E-state index contributed by atoms with van der Waals surface area (Å²) in [5, 5.41) is 8.67. The molecule has 1 aliphatic heterocycles. The lowest BCUT2D eigenvalue weighted by molar-refractivity contribution is -0.137. The summed E-state index contributed by atoms with van der Waals surface area (Å²) in [5.74, 6) is -1.41. The Morgan fingerprint density at radius 1 is 1.48 bits per heavy atom. The SMILES string of the molecule is Cc1ccc(F)cc1S(=O)(=O)N1CCC(CCC(=O)O)C1. The molecule has 7 heteroatoms. The first-order valence-corrected chi connectivity index (χ1v) is 8.23. The van der Waals surface area contributed by atoms with Crippen molar-refractivity contribution in [2.45, 2.75) is 31.1 Å². The molecule has 1 saturated heterocycles. The zero-order valence-corrected chi connectivity index (χ0v) is 12.6. The van der Waals surface area contributed by atoms with Crippen molar-refractivity contribution in [1.29, 1.82) is 0 Å². The van der Waals surface area contributed by atoms with E-state index >= 15 is 0 Å². The van der Waals surface area contributed by atoms with Crippen molar-refractivity contribution in [3.05, 3.63) is 29.6 Å². The van der Waals surface area contributed by atoms with E-state index in [0.29, 0.717) is 31.5 Å². The minimum atomic E-state index is -3.72. The second-order valence-corrected chi connectivity index (χ2v) is 7.27. The van der Waals surface area contributed by atoms with Gasteiger partial charge in [-0.05, 0) is 43.4 Å². The van der Waals surface area contributed by atoms with Crippen molar-refractivity contribution >= 4 is 16.0 Å². The average molecular weight is 315 g/mol. The maximum atomic E-state index is 13.3. The van der Waals surface area contributed by atoms with Crippen molar-refractivity contribution in [2.24, 2.45) is 5.92 Å². The summed E-state index contributed by atoms with van der Waals surface area (Å²) < 4.78 is 39.7. The van der Waals surface area contributed by atoms with Crippen LogP contribution in [0.2, 0.25) is 0 Å². The highest BCUT2D eigenvalue weighted by atomic mass is 32.2. The van der Waals surface area contributed by atoms with Crippen LogP contribution >= 0.6 is 0 Å². The second-order valence-electron chi connectivity index (χ2n) is 5.36. The molecular weight excluding hydrogens is 297 g/mol. The summed E-state index contributed by atoms with van der Waals surface area (Å²) in [7, 11) is -3.72. The summed E-state index contributed by atoms with van der Waals surface area (Å²) in [6.07, 6.45) is 1.14. The quantitative estimate of drug-likeness (QED) is 0.902. The van der Waals surface area contributed by atoms with Crippen molar-refractivity contribution in [3.63, 3.8) is 0 Å². The molecule has 0 bridgehead atoms. The van der Waals surface area contributed by atoms with Gasteiger partial charge in [0.1, 0.15) is 5.82 Å². The topological polar surface area (TPSA) is 74.7 Å². The molecule has 1 aromatic carbocycles. The summed E-state index contributed by atoms with van der Waals surface area (Å²) in [4.78, 5) is 10.6. The number of hydrogen-bond donors (Lipinski definition) is 1. The van der Waals surface area contributed by atoms with E-state index in [-0.39, 0.29) is 17.2 Å². The summed E-state index contributed by atoms with van der Waals surface area (Å²) in [6, 6.07) is 3.71. The number of halogens is 1. The molecule has 116 valence electrons. The van der Waals surface area contributed by atoms with Gasteiger partial charge in [-0.3, -0.25) is 4.79 Å². The zero-order valence-electron chi connectivity index (χ0n) is 11.8. The lowest BCUT2D eigenvalue weighted by atomic mass is 10.0. The van der Waals surface area contributed by atoms with E-state index in [1.54, 1.807) is 6.92 Å². The minimum absolute atomic E-state index is 0.0126. The predicted octanol–water partition coefficient (Wildman–Crippen LogP) is 2.01. The van der Waals surface area contributed by atoms with Gasteiger partial charge in [0, 0.05) is 19.5 Å². The van der Waals surface area contributed by atoms with Gasteiger partial charge in [-0.15, -0.1) is 0 Å². The minimum Gasteiger partial charge on any atom is -0.481 e. The molecule has 21 heavy (non-hydrogen) atoms. The molecule has 0 amide bonds. The first kappa shape index (κ1) is 15.9. The summed E-state index contributed by atoms with van der Waals surface area (Å²) in [6.45, 7) is 2.28. The fraction of sp³-hybridized carbons (Fsp3) is 0.500. The lowest BCUT2D eigenvalue weighted by Gasteiger charge is -2.18. The van der Waals surface area contributed by atoms with Gasteiger partial charge in [-0.2, -0.15) is 4.31 Å². The molecule has 1 aliphatic rings.